The van der Waals surface area contributed by atoms with Crippen molar-refractivity contribution in [3.8, 4) is 17.9 Å². The fourth-order valence-corrected chi connectivity index (χ4v) is 2.22. The van der Waals surface area contributed by atoms with E-state index < -0.39 is 6.10 Å². The number of aliphatic hydroxyl groups is 1. The molecule has 1 aliphatic rings. The van der Waals surface area contributed by atoms with Gasteiger partial charge in [0.05, 0.1) is 19.2 Å². The summed E-state index contributed by atoms with van der Waals surface area (Å²) in [5.74, 6) is 5.30. The smallest absolute Gasteiger partial charge is 0.254 e. The van der Waals surface area contributed by atoms with E-state index in [4.69, 9.17) is 15.1 Å². The number of amides is 1. The van der Waals surface area contributed by atoms with E-state index in [2.05, 4.69) is 11.8 Å². The molecular weight excluding hydrogens is 268 g/mol. The number of benzene rings is 1. The van der Waals surface area contributed by atoms with Gasteiger partial charge in [0.1, 0.15) is 6.61 Å². The maximum absolute atomic E-state index is 12.6. The molecule has 1 saturated heterocycles. The number of rotatable bonds is 1. The van der Waals surface area contributed by atoms with Gasteiger partial charge in [-0.05, 0) is 24.6 Å². The molecule has 0 aromatic heterocycles. The largest absolute Gasteiger partial charge is 0.384 e. The third kappa shape index (κ3) is 3.41. The van der Waals surface area contributed by atoms with Gasteiger partial charge in [0.2, 0.25) is 0 Å². The number of carbonyl (C=O) groups is 1. The molecule has 5 heteroatoms. The topological polar surface area (TPSA) is 73.6 Å². The molecule has 0 bridgehead atoms. The zero-order valence-electron chi connectivity index (χ0n) is 11.8. The minimum absolute atomic E-state index is 0.122. The van der Waals surface area contributed by atoms with Crippen molar-refractivity contribution in [2.75, 3.05) is 26.3 Å². The number of carbonyl (C=O) groups excluding carboxylic acids is 1. The zero-order chi connectivity index (χ0) is 15.2. The summed E-state index contributed by atoms with van der Waals surface area (Å²) in [4.78, 5) is 14.2. The Morgan fingerprint density at radius 1 is 1.57 bits per heavy atom. The van der Waals surface area contributed by atoms with Crippen LogP contribution in [0.2, 0.25) is 0 Å². The van der Waals surface area contributed by atoms with Crippen LogP contribution >= 0.6 is 0 Å². The second kappa shape index (κ2) is 6.90. The Hall–Kier alpha value is -2.34. The monoisotopic (exact) mass is 284 g/mol. The summed E-state index contributed by atoms with van der Waals surface area (Å²) in [5.41, 5.74) is 2.07. The summed E-state index contributed by atoms with van der Waals surface area (Å²) in [5, 5.41) is 17.7. The van der Waals surface area contributed by atoms with Crippen molar-refractivity contribution >= 4 is 5.91 Å². The first-order chi connectivity index (χ1) is 10.2. The predicted octanol–water partition coefficient (Wildman–Crippen LogP) is 0.703. The lowest BCUT2D eigenvalue weighted by molar-refractivity contribution is 0.00343. The molecule has 1 aromatic rings. The Balaban J connectivity index is 2.25. The highest BCUT2D eigenvalue weighted by Crippen LogP contribution is 2.17. The molecule has 1 atom stereocenters. The van der Waals surface area contributed by atoms with E-state index in [0.29, 0.717) is 18.7 Å². The second-order valence-electron chi connectivity index (χ2n) is 4.68. The molecule has 1 N–H and O–H groups in total. The zero-order valence-corrected chi connectivity index (χ0v) is 11.8. The summed E-state index contributed by atoms with van der Waals surface area (Å²) in [7, 11) is 0. The fourth-order valence-electron chi connectivity index (χ4n) is 2.22. The van der Waals surface area contributed by atoms with Gasteiger partial charge < -0.3 is 14.7 Å². The van der Waals surface area contributed by atoms with Crippen molar-refractivity contribution in [1.82, 2.24) is 4.90 Å². The molecule has 1 unspecified atom stereocenters. The summed E-state index contributed by atoms with van der Waals surface area (Å²) >= 11 is 0. The number of nitriles is 1. The Morgan fingerprint density at radius 2 is 2.38 bits per heavy atom. The maximum atomic E-state index is 12.6. The molecule has 5 nitrogen and oxygen atoms in total. The Kier molecular flexibility index (Phi) is 4.94. The quantitative estimate of drug-likeness (QED) is 0.771. The lowest BCUT2D eigenvalue weighted by Crippen LogP contribution is -2.45. The molecule has 0 saturated carbocycles. The van der Waals surface area contributed by atoms with Crippen molar-refractivity contribution in [1.29, 1.82) is 5.26 Å². The van der Waals surface area contributed by atoms with Crippen LogP contribution in [0.3, 0.4) is 0 Å². The Labute approximate surface area is 123 Å². The van der Waals surface area contributed by atoms with E-state index in [1.807, 2.05) is 19.1 Å². The van der Waals surface area contributed by atoms with Crippen LogP contribution in [0.5, 0.6) is 0 Å². The van der Waals surface area contributed by atoms with Crippen molar-refractivity contribution in [2.24, 2.45) is 0 Å². The number of hydrogen-bond acceptors (Lipinski definition) is 4. The minimum Gasteiger partial charge on any atom is -0.384 e. The van der Waals surface area contributed by atoms with Gasteiger partial charge in [-0.1, -0.05) is 17.9 Å². The van der Waals surface area contributed by atoms with Crippen molar-refractivity contribution in [3.05, 3.63) is 34.9 Å². The van der Waals surface area contributed by atoms with E-state index in [0.717, 1.165) is 11.1 Å². The summed E-state index contributed by atoms with van der Waals surface area (Å²) in [6.45, 7) is 2.74. The first-order valence-electron chi connectivity index (χ1n) is 6.67. The van der Waals surface area contributed by atoms with Crippen LogP contribution in [0.4, 0.5) is 0 Å². The van der Waals surface area contributed by atoms with Gasteiger partial charge in [-0.2, -0.15) is 5.26 Å². The summed E-state index contributed by atoms with van der Waals surface area (Å²) in [6, 6.07) is 7.36. The van der Waals surface area contributed by atoms with E-state index >= 15 is 0 Å². The molecule has 2 rings (SSSR count). The normalized spacial score (nSPS) is 17.6. The van der Waals surface area contributed by atoms with E-state index in [9.17, 15) is 4.79 Å². The van der Waals surface area contributed by atoms with Crippen LogP contribution in [-0.4, -0.2) is 48.3 Å². The highest BCUT2D eigenvalue weighted by molar-refractivity contribution is 5.96. The molecule has 1 aliphatic heterocycles. The molecule has 108 valence electrons. The summed E-state index contributed by atoms with van der Waals surface area (Å²) in [6.07, 6.45) is -0.569. The summed E-state index contributed by atoms with van der Waals surface area (Å²) < 4.78 is 5.25. The second-order valence-corrected chi connectivity index (χ2v) is 4.68. The molecule has 0 spiro atoms. The SMILES string of the molecule is Cc1c(C#CCO)cccc1C(=O)N1CCOC(C#N)C1. The number of hydrogen-bond donors (Lipinski definition) is 1. The maximum Gasteiger partial charge on any atom is 0.254 e. The van der Waals surface area contributed by atoms with Gasteiger partial charge in [-0.3, -0.25) is 4.79 Å². The first-order valence-corrected chi connectivity index (χ1v) is 6.67. The van der Waals surface area contributed by atoms with Crippen LogP contribution < -0.4 is 0 Å². The van der Waals surface area contributed by atoms with Crippen LogP contribution in [0, 0.1) is 30.1 Å². The van der Waals surface area contributed by atoms with Crippen molar-refractivity contribution in [3.63, 3.8) is 0 Å². The van der Waals surface area contributed by atoms with Crippen molar-refractivity contribution in [2.45, 2.75) is 13.0 Å². The molecule has 0 aliphatic carbocycles. The number of aliphatic hydroxyl groups excluding tert-OH is 1. The van der Waals surface area contributed by atoms with Gasteiger partial charge in [-0.25, -0.2) is 0 Å². The van der Waals surface area contributed by atoms with Crippen LogP contribution in [-0.2, 0) is 4.74 Å². The van der Waals surface area contributed by atoms with Crippen LogP contribution in [0.25, 0.3) is 0 Å². The molecule has 0 radical (unpaired) electrons. The first kappa shape index (κ1) is 15.1. The van der Waals surface area contributed by atoms with Gasteiger partial charge in [0, 0.05) is 17.7 Å². The van der Waals surface area contributed by atoms with E-state index in [-0.39, 0.29) is 19.1 Å². The highest BCUT2D eigenvalue weighted by Gasteiger charge is 2.25. The van der Waals surface area contributed by atoms with Gasteiger partial charge in [0.25, 0.3) is 5.91 Å². The third-order valence-corrected chi connectivity index (χ3v) is 3.36. The molecule has 1 aromatic carbocycles. The van der Waals surface area contributed by atoms with Gasteiger partial charge in [-0.15, -0.1) is 0 Å². The minimum atomic E-state index is -0.569. The molecular formula is C16H16N2O3. The fraction of sp³-hybridized carbons (Fsp3) is 0.375. The number of ether oxygens (including phenoxy) is 1. The van der Waals surface area contributed by atoms with Crippen LogP contribution in [0.15, 0.2) is 18.2 Å². The third-order valence-electron chi connectivity index (χ3n) is 3.36. The van der Waals surface area contributed by atoms with E-state index in [1.54, 1.807) is 17.0 Å². The number of nitrogens with zero attached hydrogens (tertiary/aromatic N) is 2. The predicted molar refractivity (Wildman–Crippen MR) is 76.4 cm³/mol. The van der Waals surface area contributed by atoms with Gasteiger partial charge in [0.15, 0.2) is 6.10 Å². The standard InChI is InChI=1S/C16H16N2O3/c1-12-13(5-3-8-19)4-2-6-15(12)16(20)18-7-9-21-14(10-17)11-18/h2,4,6,14,19H,7-9,11H2,1H3. The number of morpholine rings is 1. The molecule has 1 heterocycles. The lowest BCUT2D eigenvalue weighted by atomic mass is 10.0. The van der Waals surface area contributed by atoms with E-state index in [1.165, 1.54) is 0 Å². The molecule has 1 fully saturated rings. The molecule has 1 amide bonds. The lowest BCUT2D eigenvalue weighted by Gasteiger charge is -2.30. The average molecular weight is 284 g/mol. The average Bonchev–Trinajstić information content (AvgIpc) is 2.53. The Morgan fingerprint density at radius 3 is 3.10 bits per heavy atom. The Bertz CT molecular complexity index is 637. The molecule has 21 heavy (non-hydrogen) atoms. The van der Waals surface area contributed by atoms with Gasteiger partial charge >= 0.3 is 0 Å². The van der Waals surface area contributed by atoms with Crippen LogP contribution in [0.1, 0.15) is 21.5 Å². The highest BCUT2D eigenvalue weighted by atomic mass is 16.5. The van der Waals surface area contributed by atoms with Crippen molar-refractivity contribution < 1.29 is 14.6 Å².